The van der Waals surface area contributed by atoms with E-state index in [0.29, 0.717) is 17.0 Å². The van der Waals surface area contributed by atoms with Crippen molar-refractivity contribution in [3.8, 4) is 11.3 Å². The number of aliphatic hydroxyl groups is 1. The second-order valence-electron chi connectivity index (χ2n) is 6.15. The molecular formula is C21H16BrN3O3. The van der Waals surface area contributed by atoms with Gasteiger partial charge in [-0.15, -0.1) is 0 Å². The van der Waals surface area contributed by atoms with Gasteiger partial charge in [-0.2, -0.15) is 5.10 Å². The lowest BCUT2D eigenvalue weighted by Gasteiger charge is -2.12. The zero-order valence-electron chi connectivity index (χ0n) is 14.9. The number of aliphatic hydroxyl groups excluding tert-OH is 1. The third kappa shape index (κ3) is 3.30. The van der Waals surface area contributed by atoms with Crippen LogP contribution in [0.1, 0.15) is 27.8 Å². The number of carbonyl (C=O) groups excluding carboxylic acids is 1. The predicted octanol–water partition coefficient (Wildman–Crippen LogP) is 4.03. The van der Waals surface area contributed by atoms with Gasteiger partial charge in [0, 0.05) is 21.8 Å². The van der Waals surface area contributed by atoms with Gasteiger partial charge in [0.15, 0.2) is 0 Å². The highest BCUT2D eigenvalue weighted by Crippen LogP contribution is 2.34. The van der Waals surface area contributed by atoms with Crippen LogP contribution >= 0.6 is 15.9 Å². The molecule has 0 radical (unpaired) electrons. The van der Waals surface area contributed by atoms with Crippen LogP contribution in [0.4, 0.5) is 0 Å². The number of ether oxygens (including phenoxy) is 1. The number of fused-ring (bicyclic) bond motifs is 1. The summed E-state index contributed by atoms with van der Waals surface area (Å²) in [5.41, 5.74) is 3.38. The Bertz CT molecular complexity index is 1160. The van der Waals surface area contributed by atoms with E-state index in [4.69, 9.17) is 4.74 Å². The Hall–Kier alpha value is -3.03. The van der Waals surface area contributed by atoms with Crippen molar-refractivity contribution in [2.24, 2.45) is 0 Å². The second kappa shape index (κ2) is 7.53. The fourth-order valence-corrected chi connectivity index (χ4v) is 3.42. The lowest BCUT2D eigenvalue weighted by atomic mass is 9.99. The summed E-state index contributed by atoms with van der Waals surface area (Å²) in [5.74, 6) is -0.555. The predicted molar refractivity (Wildman–Crippen MR) is 108 cm³/mol. The van der Waals surface area contributed by atoms with Gasteiger partial charge in [-0.3, -0.25) is 0 Å². The second-order valence-corrected chi connectivity index (χ2v) is 7.06. The van der Waals surface area contributed by atoms with E-state index in [2.05, 4.69) is 26.0 Å². The number of hydrogen-bond donors (Lipinski definition) is 1. The number of carbonyl (C=O) groups is 1. The van der Waals surface area contributed by atoms with E-state index in [-0.39, 0.29) is 5.69 Å². The molecule has 0 saturated heterocycles. The first kappa shape index (κ1) is 18.3. The van der Waals surface area contributed by atoms with E-state index in [1.165, 1.54) is 7.11 Å². The maximum absolute atomic E-state index is 11.8. The molecule has 4 rings (SSSR count). The highest BCUT2D eigenvalue weighted by Gasteiger charge is 2.24. The normalized spacial score (nSPS) is 12.1. The van der Waals surface area contributed by atoms with Gasteiger partial charge in [0.25, 0.3) is 0 Å². The Morgan fingerprint density at radius 2 is 1.89 bits per heavy atom. The Kier molecular flexibility index (Phi) is 4.93. The standard InChI is InChI=1S/C21H16BrN3O3/c1-28-21(27)16-9-5-8-15(23-16)20(26)18-17-11-10-14(22)12-25(17)24-19(18)13-6-3-2-4-7-13/h2-12,20,26H,1H3. The maximum Gasteiger partial charge on any atom is 0.356 e. The van der Waals surface area contributed by atoms with Crippen molar-refractivity contribution < 1.29 is 14.6 Å². The Morgan fingerprint density at radius 3 is 2.64 bits per heavy atom. The summed E-state index contributed by atoms with van der Waals surface area (Å²) in [5, 5.41) is 15.9. The monoisotopic (exact) mass is 437 g/mol. The third-order valence-electron chi connectivity index (χ3n) is 4.40. The van der Waals surface area contributed by atoms with Crippen molar-refractivity contribution in [1.29, 1.82) is 0 Å². The van der Waals surface area contributed by atoms with Crippen LogP contribution in [0.25, 0.3) is 16.8 Å². The molecule has 0 saturated carbocycles. The molecule has 140 valence electrons. The number of aromatic nitrogens is 3. The Labute approximate surface area is 169 Å². The van der Waals surface area contributed by atoms with Crippen LogP contribution < -0.4 is 0 Å². The van der Waals surface area contributed by atoms with Crippen molar-refractivity contribution in [2.75, 3.05) is 7.11 Å². The van der Waals surface area contributed by atoms with Gasteiger partial charge in [-0.1, -0.05) is 36.4 Å². The first-order valence-corrected chi connectivity index (χ1v) is 9.34. The fraction of sp³-hybridized carbons (Fsp3) is 0.0952. The largest absolute Gasteiger partial charge is 0.464 e. The lowest BCUT2D eigenvalue weighted by molar-refractivity contribution is 0.0593. The molecule has 1 unspecified atom stereocenters. The maximum atomic E-state index is 11.8. The molecule has 0 spiro atoms. The Morgan fingerprint density at radius 1 is 1.11 bits per heavy atom. The average molecular weight is 438 g/mol. The van der Waals surface area contributed by atoms with E-state index in [0.717, 1.165) is 15.6 Å². The fourth-order valence-electron chi connectivity index (χ4n) is 3.09. The molecule has 0 fully saturated rings. The number of esters is 1. The molecule has 0 aliphatic rings. The molecule has 1 N–H and O–H groups in total. The smallest absolute Gasteiger partial charge is 0.356 e. The first-order chi connectivity index (χ1) is 13.6. The quantitative estimate of drug-likeness (QED) is 0.487. The van der Waals surface area contributed by atoms with Gasteiger partial charge in [0.2, 0.25) is 0 Å². The first-order valence-electron chi connectivity index (χ1n) is 8.55. The minimum Gasteiger partial charge on any atom is -0.464 e. The number of nitrogens with zero attached hydrogens (tertiary/aromatic N) is 3. The van der Waals surface area contributed by atoms with Crippen molar-refractivity contribution in [2.45, 2.75) is 6.10 Å². The number of hydrogen-bond acceptors (Lipinski definition) is 5. The van der Waals surface area contributed by atoms with Crippen LogP contribution in [0.15, 0.2) is 71.3 Å². The van der Waals surface area contributed by atoms with E-state index in [1.54, 1.807) is 22.7 Å². The molecule has 0 amide bonds. The SMILES string of the molecule is COC(=O)c1cccc(C(O)c2c(-c3ccccc3)nn3cc(Br)ccc23)n1. The van der Waals surface area contributed by atoms with Crippen LogP contribution in [0.5, 0.6) is 0 Å². The van der Waals surface area contributed by atoms with E-state index >= 15 is 0 Å². The summed E-state index contributed by atoms with van der Waals surface area (Å²) in [4.78, 5) is 16.1. The number of methoxy groups -OCH3 is 1. The van der Waals surface area contributed by atoms with Gasteiger partial charge < -0.3 is 9.84 Å². The molecule has 7 heteroatoms. The molecule has 0 bridgehead atoms. The average Bonchev–Trinajstić information content (AvgIpc) is 3.11. The van der Waals surface area contributed by atoms with E-state index < -0.39 is 12.1 Å². The van der Waals surface area contributed by atoms with Crippen LogP contribution in [0.2, 0.25) is 0 Å². The van der Waals surface area contributed by atoms with E-state index in [9.17, 15) is 9.90 Å². The van der Waals surface area contributed by atoms with Crippen LogP contribution in [-0.4, -0.2) is 32.8 Å². The minimum atomic E-state index is -1.07. The molecule has 1 aromatic carbocycles. The summed E-state index contributed by atoms with van der Waals surface area (Å²) < 4.78 is 7.32. The zero-order chi connectivity index (χ0) is 19.7. The van der Waals surface area contributed by atoms with Crippen LogP contribution in [0, 0.1) is 0 Å². The highest BCUT2D eigenvalue weighted by molar-refractivity contribution is 9.10. The van der Waals surface area contributed by atoms with Gasteiger partial charge in [0.05, 0.1) is 24.0 Å². The molecule has 6 nitrogen and oxygen atoms in total. The molecule has 28 heavy (non-hydrogen) atoms. The summed E-state index contributed by atoms with van der Waals surface area (Å²) in [6, 6.07) is 18.3. The molecule has 3 heterocycles. The number of pyridine rings is 2. The number of rotatable bonds is 4. The lowest BCUT2D eigenvalue weighted by Crippen LogP contribution is -2.09. The van der Waals surface area contributed by atoms with Gasteiger partial charge in [-0.25, -0.2) is 14.3 Å². The minimum absolute atomic E-state index is 0.138. The van der Waals surface area contributed by atoms with Crippen molar-refractivity contribution in [3.05, 3.63) is 88.3 Å². The number of benzene rings is 1. The summed E-state index contributed by atoms with van der Waals surface area (Å²) in [7, 11) is 1.30. The van der Waals surface area contributed by atoms with Crippen molar-refractivity contribution in [3.63, 3.8) is 0 Å². The summed E-state index contributed by atoms with van der Waals surface area (Å²) >= 11 is 3.45. The van der Waals surface area contributed by atoms with Crippen molar-refractivity contribution in [1.82, 2.24) is 14.6 Å². The molecule has 1 atom stereocenters. The highest BCUT2D eigenvalue weighted by atomic mass is 79.9. The van der Waals surface area contributed by atoms with E-state index in [1.807, 2.05) is 48.7 Å². The molecular weight excluding hydrogens is 422 g/mol. The third-order valence-corrected chi connectivity index (χ3v) is 4.87. The summed E-state index contributed by atoms with van der Waals surface area (Å²) in [6.07, 6.45) is 0.759. The topological polar surface area (TPSA) is 76.7 Å². The molecule has 0 aliphatic carbocycles. The van der Waals surface area contributed by atoms with Crippen LogP contribution in [-0.2, 0) is 4.74 Å². The van der Waals surface area contributed by atoms with Gasteiger partial charge in [-0.05, 0) is 40.2 Å². The van der Waals surface area contributed by atoms with Gasteiger partial charge >= 0.3 is 5.97 Å². The molecule has 0 aliphatic heterocycles. The molecule has 4 aromatic rings. The zero-order valence-corrected chi connectivity index (χ0v) is 16.5. The summed E-state index contributed by atoms with van der Waals surface area (Å²) in [6.45, 7) is 0. The Balaban J connectivity index is 1.91. The number of halogens is 1. The van der Waals surface area contributed by atoms with Crippen molar-refractivity contribution >= 4 is 27.4 Å². The van der Waals surface area contributed by atoms with Gasteiger partial charge in [0.1, 0.15) is 11.8 Å². The van der Waals surface area contributed by atoms with Crippen LogP contribution in [0.3, 0.4) is 0 Å². The molecule has 3 aromatic heterocycles.